The molecule has 0 fully saturated rings. The molecule has 0 aromatic carbocycles. The van der Waals surface area contributed by atoms with Gasteiger partial charge >= 0.3 is 138 Å². The summed E-state index contributed by atoms with van der Waals surface area (Å²) in [4.78, 5) is 0. The van der Waals surface area contributed by atoms with E-state index < -0.39 is 52.4 Å². The fourth-order valence-corrected chi connectivity index (χ4v) is 37.5. The van der Waals surface area contributed by atoms with Crippen LogP contribution in [0.1, 0.15) is 0 Å². The molecule has 0 aliphatic heterocycles. The van der Waals surface area contributed by atoms with E-state index in [1.54, 1.807) is 0 Å². The molecule has 2 radical (unpaired) electrons. The van der Waals surface area contributed by atoms with Crippen LogP contribution in [-0.2, 0) is 0 Å². The first kappa shape index (κ1) is 20.6. The summed E-state index contributed by atoms with van der Waals surface area (Å²) < 4.78 is 5.80. The summed E-state index contributed by atoms with van der Waals surface area (Å²) in [5, 5.41) is 0. The summed E-state index contributed by atoms with van der Waals surface area (Å²) in [7, 11) is 0.537. The van der Waals surface area contributed by atoms with Crippen molar-refractivity contribution >= 4 is 52.4 Å². The van der Waals surface area contributed by atoms with Crippen LogP contribution in [0, 0.1) is 0 Å². The van der Waals surface area contributed by atoms with Gasteiger partial charge in [-0.1, -0.05) is 0 Å². The quantitative estimate of drug-likeness (QED) is 0.584. The maximum absolute atomic E-state index is 2.90. The molecule has 7 heteroatoms. The van der Waals surface area contributed by atoms with Crippen LogP contribution in [0.15, 0.2) is 0 Å². The van der Waals surface area contributed by atoms with Crippen LogP contribution in [0.5, 0.6) is 0 Å². The summed E-state index contributed by atoms with van der Waals surface area (Å²) in [5.74, 6) is 0. The van der Waals surface area contributed by atoms with E-state index in [9.17, 15) is 0 Å². The molecule has 0 amide bonds. The molecule has 0 spiro atoms. The normalized spacial score (nSPS) is 15.5. The molecule has 0 saturated carbocycles. The monoisotopic (exact) mass is 440 g/mol. The first-order valence-corrected chi connectivity index (χ1v) is 24.7. The van der Waals surface area contributed by atoms with E-state index in [0.717, 1.165) is 0 Å². The Labute approximate surface area is 137 Å². The maximum atomic E-state index is 2.90. The zero-order chi connectivity index (χ0) is 15.9. The fourth-order valence-electron chi connectivity index (χ4n) is 1.48. The topological polar surface area (TPSA) is 6.48 Å². The molecule has 0 aliphatic rings. The Hall–Kier alpha value is 1.59. The predicted molar refractivity (Wildman–Crippen MR) is 103 cm³/mol. The second kappa shape index (κ2) is 6.37. The second-order valence-corrected chi connectivity index (χ2v) is 48.7. The van der Waals surface area contributed by atoms with Crippen LogP contribution >= 0.6 is 0 Å². The molecule has 2 nitrogen and oxygen atoms in total. The Kier molecular flexibility index (Phi) is 6.90. The third kappa shape index (κ3) is 4.78. The Bertz CT molecular complexity index is 278. The zero-order valence-electron chi connectivity index (χ0n) is 15.4. The van der Waals surface area contributed by atoms with E-state index >= 15 is 0 Å². The Morgan fingerprint density at radius 2 is 0.737 bits per heavy atom. The van der Waals surface area contributed by atoms with Gasteiger partial charge in [0.1, 0.15) is 0 Å². The standard InChI is InChI=1S/2C6H18NSi2.Sn/c2*1-7-9(5,6)8(2,3)4;/h2*1-6H3;/q2*-1;+2. The molecule has 0 saturated heterocycles. The molecule has 0 bridgehead atoms. The van der Waals surface area contributed by atoms with E-state index in [0.29, 0.717) is 0 Å². The van der Waals surface area contributed by atoms with E-state index in [-0.39, 0.29) is 0 Å². The van der Waals surface area contributed by atoms with Gasteiger partial charge < -0.3 is 0 Å². The van der Waals surface area contributed by atoms with Crippen molar-refractivity contribution < 1.29 is 0 Å². The summed E-state index contributed by atoms with van der Waals surface area (Å²) >= 11 is -0.567. The van der Waals surface area contributed by atoms with Gasteiger partial charge in [-0.25, -0.2) is 0 Å². The molecule has 0 N–H and O–H groups in total. The van der Waals surface area contributed by atoms with E-state index in [1.165, 1.54) is 0 Å². The number of rotatable bonds is 6. The minimum atomic E-state index is -1.17. The third-order valence-electron chi connectivity index (χ3n) is 5.65. The summed E-state index contributed by atoms with van der Waals surface area (Å²) in [6.07, 6.45) is 0. The van der Waals surface area contributed by atoms with E-state index in [4.69, 9.17) is 0 Å². The van der Waals surface area contributed by atoms with E-state index in [2.05, 4.69) is 85.1 Å². The van der Waals surface area contributed by atoms with Crippen molar-refractivity contribution in [2.45, 2.75) is 65.5 Å². The van der Waals surface area contributed by atoms with Crippen LogP contribution in [0.2, 0.25) is 65.5 Å². The van der Waals surface area contributed by atoms with Gasteiger partial charge in [-0.05, 0) is 0 Å². The molecule has 0 heterocycles. The van der Waals surface area contributed by atoms with Crippen LogP contribution in [-0.4, -0.2) is 72.0 Å². The summed E-state index contributed by atoms with van der Waals surface area (Å²) in [6.45, 7) is 25.8. The Balaban J connectivity index is 4.99. The molecule has 0 aromatic heterocycles. The van der Waals surface area contributed by atoms with Gasteiger partial charge in [0.2, 0.25) is 0 Å². The van der Waals surface area contributed by atoms with Crippen LogP contribution in [0.25, 0.3) is 0 Å². The Morgan fingerprint density at radius 1 is 0.526 bits per heavy atom. The second-order valence-electron chi connectivity index (χ2n) is 8.84. The first-order chi connectivity index (χ1) is 8.05. The molecule has 114 valence electrons. The molecule has 0 aliphatic carbocycles. The molecule has 0 rings (SSSR count). The van der Waals surface area contributed by atoms with Crippen molar-refractivity contribution in [2.75, 3.05) is 14.1 Å². The SMILES string of the molecule is C[N]([Sn][N](C)[Si](C)(C)[Si](C)(C)C)[Si](C)(C)[Si](C)(C)C. The molecule has 0 aromatic rings. The van der Waals surface area contributed by atoms with Gasteiger partial charge in [0.05, 0.1) is 0 Å². The molecular weight excluding hydrogens is 403 g/mol. The van der Waals surface area contributed by atoms with Crippen molar-refractivity contribution in [3.63, 3.8) is 0 Å². The van der Waals surface area contributed by atoms with Crippen molar-refractivity contribution in [3.05, 3.63) is 0 Å². The predicted octanol–water partition coefficient (Wildman–Crippen LogP) is 3.63. The van der Waals surface area contributed by atoms with Gasteiger partial charge in [0, 0.05) is 0 Å². The van der Waals surface area contributed by atoms with Gasteiger partial charge in [-0.3, -0.25) is 0 Å². The fraction of sp³-hybridized carbons (Fsp3) is 1.00. The minimum absolute atomic E-state index is 0.567. The Morgan fingerprint density at radius 3 is 0.895 bits per heavy atom. The molecular formula is C12H36N2Si4Sn. The summed E-state index contributed by atoms with van der Waals surface area (Å²) in [5.41, 5.74) is 0. The number of hydrogen-bond donors (Lipinski definition) is 0. The van der Waals surface area contributed by atoms with Crippen LogP contribution in [0.3, 0.4) is 0 Å². The third-order valence-corrected chi connectivity index (χ3v) is 56.8. The number of hydrogen-bond acceptors (Lipinski definition) is 2. The van der Waals surface area contributed by atoms with Crippen LogP contribution in [0.4, 0.5) is 0 Å². The van der Waals surface area contributed by atoms with Crippen molar-refractivity contribution in [1.82, 2.24) is 5.57 Å². The molecule has 0 unspecified atom stereocenters. The summed E-state index contributed by atoms with van der Waals surface area (Å²) in [6, 6.07) is 0. The van der Waals surface area contributed by atoms with Gasteiger partial charge in [0.25, 0.3) is 0 Å². The van der Waals surface area contributed by atoms with E-state index in [1.807, 2.05) is 0 Å². The van der Waals surface area contributed by atoms with Gasteiger partial charge in [-0.15, -0.1) is 0 Å². The zero-order valence-corrected chi connectivity index (χ0v) is 22.2. The molecule has 19 heavy (non-hydrogen) atoms. The van der Waals surface area contributed by atoms with Crippen molar-refractivity contribution in [1.29, 1.82) is 0 Å². The average molecular weight is 439 g/mol. The average Bonchev–Trinajstić information content (AvgIpc) is 2.13. The van der Waals surface area contributed by atoms with Crippen molar-refractivity contribution in [2.24, 2.45) is 0 Å². The first-order valence-electron chi connectivity index (χ1n) is 7.29. The molecule has 0 atom stereocenters. The van der Waals surface area contributed by atoms with Crippen LogP contribution < -0.4 is 0 Å². The van der Waals surface area contributed by atoms with Gasteiger partial charge in [0.15, 0.2) is 0 Å². The van der Waals surface area contributed by atoms with Crippen molar-refractivity contribution in [3.8, 4) is 0 Å². The van der Waals surface area contributed by atoms with Gasteiger partial charge in [-0.2, -0.15) is 0 Å². The number of nitrogens with zero attached hydrogens (tertiary/aromatic N) is 2.